The maximum atomic E-state index is 12.6. The van der Waals surface area contributed by atoms with Gasteiger partial charge in [-0.05, 0) is 30.3 Å². The first-order valence-corrected chi connectivity index (χ1v) is 8.73. The van der Waals surface area contributed by atoms with Crippen molar-refractivity contribution >= 4 is 28.0 Å². The molecule has 4 aromatic rings. The molecular weight excluding hydrogens is 360 g/mol. The van der Waals surface area contributed by atoms with E-state index in [1.54, 1.807) is 37.4 Å². The highest BCUT2D eigenvalue weighted by atomic mass is 16.5. The Balaban J connectivity index is 1.95. The first-order chi connectivity index (χ1) is 13.6. The molecule has 7 heteroatoms. The highest BCUT2D eigenvalue weighted by Gasteiger charge is 2.18. The van der Waals surface area contributed by atoms with Gasteiger partial charge in [0.2, 0.25) is 0 Å². The molecule has 7 nitrogen and oxygen atoms in total. The lowest BCUT2D eigenvalue weighted by Gasteiger charge is -2.08. The largest absolute Gasteiger partial charge is 0.465 e. The topological polar surface area (TPSA) is 83.6 Å². The highest BCUT2D eigenvalue weighted by molar-refractivity contribution is 5.94. The fourth-order valence-electron chi connectivity index (χ4n) is 3.21. The van der Waals surface area contributed by atoms with Crippen molar-refractivity contribution in [3.63, 3.8) is 0 Å². The fourth-order valence-corrected chi connectivity index (χ4v) is 3.21. The van der Waals surface area contributed by atoms with Crippen LogP contribution < -0.4 is 5.63 Å². The summed E-state index contributed by atoms with van der Waals surface area (Å²) in [5.41, 5.74) is 2.16. The van der Waals surface area contributed by atoms with Crippen molar-refractivity contribution in [1.29, 1.82) is 0 Å². The molecule has 2 aromatic carbocycles. The van der Waals surface area contributed by atoms with Crippen LogP contribution in [0.25, 0.3) is 33.4 Å². The smallest absolute Gasteiger partial charge is 0.347 e. The summed E-state index contributed by atoms with van der Waals surface area (Å²) in [7, 11) is 2.94. The maximum absolute atomic E-state index is 12.6. The van der Waals surface area contributed by atoms with Crippen LogP contribution in [-0.2, 0) is 16.0 Å². The zero-order chi connectivity index (χ0) is 19.7. The third-order valence-electron chi connectivity index (χ3n) is 4.57. The highest BCUT2D eigenvalue weighted by Crippen LogP contribution is 2.26. The number of methoxy groups -OCH3 is 2. The summed E-state index contributed by atoms with van der Waals surface area (Å²) in [5.74, 6) is 0.0219. The van der Waals surface area contributed by atoms with E-state index in [1.165, 1.54) is 7.11 Å². The van der Waals surface area contributed by atoms with E-state index in [4.69, 9.17) is 13.9 Å². The predicted octanol–water partition coefficient (Wildman–Crippen LogP) is 3.24. The van der Waals surface area contributed by atoms with Crippen molar-refractivity contribution in [1.82, 2.24) is 9.55 Å². The number of carbonyl (C=O) groups is 1. The third-order valence-corrected chi connectivity index (χ3v) is 4.57. The van der Waals surface area contributed by atoms with Crippen LogP contribution in [0.4, 0.5) is 0 Å². The molecule has 28 heavy (non-hydrogen) atoms. The van der Waals surface area contributed by atoms with Crippen molar-refractivity contribution in [3.8, 4) is 11.4 Å². The zero-order valence-corrected chi connectivity index (χ0v) is 15.5. The van der Waals surface area contributed by atoms with Crippen molar-refractivity contribution in [3.05, 3.63) is 64.5 Å². The number of aromatic nitrogens is 2. The summed E-state index contributed by atoms with van der Waals surface area (Å²) >= 11 is 0. The number of carbonyl (C=O) groups excluding carboxylic acids is 1. The van der Waals surface area contributed by atoms with Crippen LogP contribution in [0.5, 0.6) is 0 Å². The Hall–Kier alpha value is -3.45. The van der Waals surface area contributed by atoms with Gasteiger partial charge in [0.15, 0.2) is 0 Å². The number of para-hydroxylation sites is 1. The first kappa shape index (κ1) is 17.9. The minimum absolute atomic E-state index is 0.352. The quantitative estimate of drug-likeness (QED) is 0.392. The monoisotopic (exact) mass is 378 g/mol. The number of esters is 1. The second kappa shape index (κ2) is 7.28. The molecule has 0 amide bonds. The fraction of sp³-hybridized carbons (Fsp3) is 0.190. The van der Waals surface area contributed by atoms with Crippen LogP contribution in [0.1, 0.15) is 10.4 Å². The van der Waals surface area contributed by atoms with Crippen molar-refractivity contribution in [2.75, 3.05) is 20.8 Å². The molecule has 0 atom stereocenters. The molecule has 142 valence electrons. The van der Waals surface area contributed by atoms with Crippen LogP contribution in [0, 0.1) is 0 Å². The Morgan fingerprint density at radius 3 is 2.75 bits per heavy atom. The van der Waals surface area contributed by atoms with Gasteiger partial charge in [0.05, 0.1) is 30.3 Å². The van der Waals surface area contributed by atoms with Crippen LogP contribution >= 0.6 is 0 Å². The lowest BCUT2D eigenvalue weighted by Crippen LogP contribution is -2.11. The number of nitrogens with zero attached hydrogens (tertiary/aromatic N) is 2. The minimum Gasteiger partial charge on any atom is -0.465 e. The van der Waals surface area contributed by atoms with E-state index in [2.05, 4.69) is 4.98 Å². The van der Waals surface area contributed by atoms with Gasteiger partial charge < -0.3 is 18.5 Å². The molecule has 0 N–H and O–H groups in total. The van der Waals surface area contributed by atoms with Gasteiger partial charge in [0.25, 0.3) is 0 Å². The standard InChI is InChI=1S/C21H18N2O5/c1-26-10-9-23-17-8-7-14(20(24)27-2)12-16(17)22-19(23)15-11-13-5-3-4-6-18(13)28-21(15)25/h3-8,11-12H,9-10H2,1-2H3. The Bertz CT molecular complexity index is 1240. The SMILES string of the molecule is COCCn1c(-c2cc3ccccc3oc2=O)nc2cc(C(=O)OC)ccc21. The molecule has 0 saturated heterocycles. The summed E-state index contributed by atoms with van der Waals surface area (Å²) in [4.78, 5) is 29.1. The van der Waals surface area contributed by atoms with E-state index in [0.717, 1.165) is 10.9 Å². The van der Waals surface area contributed by atoms with E-state index >= 15 is 0 Å². The van der Waals surface area contributed by atoms with Crippen molar-refractivity contribution < 1.29 is 18.7 Å². The minimum atomic E-state index is -0.471. The number of hydrogen-bond acceptors (Lipinski definition) is 6. The molecule has 0 spiro atoms. The number of ether oxygens (including phenoxy) is 2. The summed E-state index contributed by atoms with van der Waals surface area (Å²) < 4.78 is 17.3. The number of imidazole rings is 1. The molecule has 4 rings (SSSR count). The Labute approximate surface area is 160 Å². The van der Waals surface area contributed by atoms with Crippen LogP contribution in [-0.4, -0.2) is 36.3 Å². The maximum Gasteiger partial charge on any atom is 0.347 e. The van der Waals surface area contributed by atoms with Gasteiger partial charge in [-0.25, -0.2) is 14.6 Å². The summed E-state index contributed by atoms with van der Waals surface area (Å²) in [6.07, 6.45) is 0. The zero-order valence-electron chi connectivity index (χ0n) is 15.5. The summed E-state index contributed by atoms with van der Waals surface area (Å²) in [6, 6.07) is 14.2. The molecule has 0 aliphatic rings. The number of fused-ring (bicyclic) bond motifs is 2. The number of hydrogen-bond donors (Lipinski definition) is 0. The van der Waals surface area contributed by atoms with Crippen LogP contribution in [0.3, 0.4) is 0 Å². The predicted molar refractivity (Wildman–Crippen MR) is 104 cm³/mol. The molecule has 0 radical (unpaired) electrons. The summed E-state index contributed by atoms with van der Waals surface area (Å²) in [5, 5.41) is 0.803. The van der Waals surface area contributed by atoms with Gasteiger partial charge in [-0.15, -0.1) is 0 Å². The van der Waals surface area contributed by atoms with E-state index in [9.17, 15) is 9.59 Å². The van der Waals surface area contributed by atoms with Gasteiger partial charge in [-0.1, -0.05) is 18.2 Å². The molecule has 2 aromatic heterocycles. The normalized spacial score (nSPS) is 11.2. The Morgan fingerprint density at radius 1 is 1.14 bits per heavy atom. The van der Waals surface area contributed by atoms with Gasteiger partial charge in [0, 0.05) is 19.0 Å². The van der Waals surface area contributed by atoms with Gasteiger partial charge in [-0.2, -0.15) is 0 Å². The summed E-state index contributed by atoms with van der Waals surface area (Å²) in [6.45, 7) is 0.933. The van der Waals surface area contributed by atoms with Gasteiger partial charge in [0.1, 0.15) is 17.0 Å². The lowest BCUT2D eigenvalue weighted by atomic mass is 10.2. The molecule has 0 unspecified atom stereocenters. The van der Waals surface area contributed by atoms with E-state index in [-0.39, 0.29) is 0 Å². The van der Waals surface area contributed by atoms with Crippen molar-refractivity contribution in [2.45, 2.75) is 6.54 Å². The van der Waals surface area contributed by atoms with Gasteiger partial charge in [-0.3, -0.25) is 0 Å². The second-order valence-electron chi connectivity index (χ2n) is 6.26. The average Bonchev–Trinajstić information content (AvgIpc) is 3.08. The average molecular weight is 378 g/mol. The second-order valence-corrected chi connectivity index (χ2v) is 6.26. The molecule has 0 aliphatic heterocycles. The Kier molecular flexibility index (Phi) is 4.67. The molecule has 2 heterocycles. The van der Waals surface area contributed by atoms with Crippen LogP contribution in [0.15, 0.2) is 57.7 Å². The lowest BCUT2D eigenvalue weighted by molar-refractivity contribution is 0.0601. The number of benzene rings is 2. The molecule has 0 bridgehead atoms. The molecule has 0 saturated carbocycles. The van der Waals surface area contributed by atoms with E-state index in [1.807, 2.05) is 22.8 Å². The molecule has 0 fully saturated rings. The third kappa shape index (κ3) is 3.05. The van der Waals surface area contributed by atoms with E-state index < -0.39 is 11.6 Å². The number of rotatable bonds is 5. The molecular formula is C21H18N2O5. The molecule has 0 aliphatic carbocycles. The van der Waals surface area contributed by atoms with Crippen LogP contribution in [0.2, 0.25) is 0 Å². The first-order valence-electron chi connectivity index (χ1n) is 8.73. The van der Waals surface area contributed by atoms with E-state index in [0.29, 0.717) is 41.2 Å². The Morgan fingerprint density at radius 2 is 1.96 bits per heavy atom. The van der Waals surface area contributed by atoms with Crippen molar-refractivity contribution in [2.24, 2.45) is 0 Å². The van der Waals surface area contributed by atoms with Gasteiger partial charge >= 0.3 is 11.6 Å².